The van der Waals surface area contributed by atoms with Gasteiger partial charge in [-0.3, -0.25) is 0 Å². The highest BCUT2D eigenvalue weighted by atomic mass is 32.2. The van der Waals surface area contributed by atoms with Gasteiger partial charge < -0.3 is 15.4 Å². The topological polar surface area (TPSA) is 84.9 Å². The van der Waals surface area contributed by atoms with Crippen molar-refractivity contribution >= 4 is 56.6 Å². The molecule has 5 rings (SSSR count). The molecule has 0 amide bonds. The van der Waals surface area contributed by atoms with Crippen molar-refractivity contribution < 1.29 is 4.74 Å². The van der Waals surface area contributed by atoms with Gasteiger partial charge in [0.25, 0.3) is 0 Å². The fourth-order valence-corrected chi connectivity index (χ4v) is 5.03. The molecule has 33 heavy (non-hydrogen) atoms. The highest BCUT2D eigenvalue weighted by Gasteiger charge is 2.13. The molecular weight excluding hydrogens is 452 g/mol. The van der Waals surface area contributed by atoms with Crippen molar-refractivity contribution in [3.63, 3.8) is 0 Å². The molecule has 0 atom stereocenters. The number of hydrogen-bond acceptors (Lipinski definition) is 9. The Hall–Kier alpha value is -3.69. The van der Waals surface area contributed by atoms with E-state index in [1.165, 1.54) is 11.8 Å². The summed E-state index contributed by atoms with van der Waals surface area (Å²) in [4.78, 5) is 18.5. The van der Waals surface area contributed by atoms with Gasteiger partial charge in [-0.05, 0) is 61.2 Å². The third-order valence-corrected chi connectivity index (χ3v) is 6.45. The normalized spacial score (nSPS) is 10.8. The number of anilines is 4. The van der Waals surface area contributed by atoms with Gasteiger partial charge in [0.2, 0.25) is 17.1 Å². The Labute approximate surface area is 199 Å². The van der Waals surface area contributed by atoms with E-state index in [1.807, 2.05) is 85.8 Å². The Morgan fingerprint density at radius 3 is 2.03 bits per heavy atom. The lowest BCUT2D eigenvalue weighted by Crippen LogP contribution is -2.05. The predicted octanol–water partition coefficient (Wildman–Crippen LogP) is 6.52. The summed E-state index contributed by atoms with van der Waals surface area (Å²) in [7, 11) is 0. The quantitative estimate of drug-likeness (QED) is 0.264. The number of aromatic nitrogens is 4. The zero-order valence-electron chi connectivity index (χ0n) is 17.7. The predicted molar refractivity (Wildman–Crippen MR) is 134 cm³/mol. The van der Waals surface area contributed by atoms with Gasteiger partial charge in [-0.1, -0.05) is 36.4 Å². The van der Waals surface area contributed by atoms with E-state index in [4.69, 9.17) is 9.72 Å². The fourth-order valence-electron chi connectivity index (χ4n) is 3.08. The van der Waals surface area contributed by atoms with Gasteiger partial charge in [0.15, 0.2) is 4.34 Å². The zero-order chi connectivity index (χ0) is 22.5. The van der Waals surface area contributed by atoms with Crippen molar-refractivity contribution in [2.45, 2.75) is 16.4 Å². The van der Waals surface area contributed by atoms with Crippen molar-refractivity contribution in [2.24, 2.45) is 0 Å². The lowest BCUT2D eigenvalue weighted by Gasteiger charge is -2.09. The van der Waals surface area contributed by atoms with Crippen LogP contribution in [0.4, 0.5) is 23.3 Å². The SMILES string of the molecule is CCOc1ccc2nc(Sc3nc(Nc4ccccc4)nc(Nc4ccccc4)n3)sc2c1. The van der Waals surface area contributed by atoms with Gasteiger partial charge in [0.05, 0.1) is 16.8 Å². The number of nitrogens with one attached hydrogen (secondary N) is 2. The Morgan fingerprint density at radius 2 is 1.42 bits per heavy atom. The minimum atomic E-state index is 0.455. The number of fused-ring (bicyclic) bond motifs is 1. The van der Waals surface area contributed by atoms with Crippen molar-refractivity contribution in [2.75, 3.05) is 17.2 Å². The lowest BCUT2D eigenvalue weighted by atomic mass is 10.3. The van der Waals surface area contributed by atoms with Crippen molar-refractivity contribution in [1.29, 1.82) is 0 Å². The van der Waals surface area contributed by atoms with Crippen LogP contribution in [0.3, 0.4) is 0 Å². The van der Waals surface area contributed by atoms with E-state index in [0.29, 0.717) is 23.7 Å². The molecule has 0 aliphatic heterocycles. The van der Waals surface area contributed by atoms with Crippen molar-refractivity contribution in [1.82, 2.24) is 19.9 Å². The van der Waals surface area contributed by atoms with Crippen LogP contribution < -0.4 is 15.4 Å². The van der Waals surface area contributed by atoms with E-state index in [2.05, 4.69) is 25.6 Å². The van der Waals surface area contributed by atoms with Gasteiger partial charge in [0.1, 0.15) is 5.75 Å². The summed E-state index contributed by atoms with van der Waals surface area (Å²) in [5.41, 5.74) is 2.72. The number of rotatable bonds is 8. The van der Waals surface area contributed by atoms with Crippen LogP contribution in [0.25, 0.3) is 10.2 Å². The monoisotopic (exact) mass is 472 g/mol. The molecule has 2 aromatic heterocycles. The van der Waals surface area contributed by atoms with Gasteiger partial charge in [-0.25, -0.2) is 4.98 Å². The van der Waals surface area contributed by atoms with E-state index in [-0.39, 0.29) is 0 Å². The van der Waals surface area contributed by atoms with Crippen LogP contribution in [0.2, 0.25) is 0 Å². The zero-order valence-corrected chi connectivity index (χ0v) is 19.4. The highest BCUT2D eigenvalue weighted by molar-refractivity contribution is 8.01. The molecule has 0 fully saturated rings. The summed E-state index contributed by atoms with van der Waals surface area (Å²) in [5.74, 6) is 1.75. The molecule has 5 aromatic rings. The molecule has 0 spiro atoms. The highest BCUT2D eigenvalue weighted by Crippen LogP contribution is 2.35. The molecule has 2 heterocycles. The molecule has 0 radical (unpaired) electrons. The number of nitrogens with zero attached hydrogens (tertiary/aromatic N) is 4. The first kappa shape index (κ1) is 21.2. The molecule has 0 saturated heterocycles. The van der Waals surface area contributed by atoms with E-state index >= 15 is 0 Å². The van der Waals surface area contributed by atoms with Crippen molar-refractivity contribution in [3.05, 3.63) is 78.9 Å². The smallest absolute Gasteiger partial charge is 0.233 e. The summed E-state index contributed by atoms with van der Waals surface area (Å²) in [6.07, 6.45) is 0. The number of para-hydroxylation sites is 2. The van der Waals surface area contributed by atoms with E-state index < -0.39 is 0 Å². The van der Waals surface area contributed by atoms with Gasteiger partial charge in [0, 0.05) is 11.4 Å². The maximum atomic E-state index is 5.61. The molecule has 9 heteroatoms. The second kappa shape index (κ2) is 9.85. The summed E-state index contributed by atoms with van der Waals surface area (Å²) in [6, 6.07) is 25.5. The lowest BCUT2D eigenvalue weighted by molar-refractivity contribution is 0.341. The van der Waals surface area contributed by atoms with Gasteiger partial charge >= 0.3 is 0 Å². The molecule has 0 unspecified atom stereocenters. The number of hydrogen-bond donors (Lipinski definition) is 2. The average molecular weight is 473 g/mol. The van der Waals surface area contributed by atoms with Gasteiger partial charge in [-0.15, -0.1) is 11.3 Å². The molecule has 2 N–H and O–H groups in total. The number of benzene rings is 3. The first-order valence-electron chi connectivity index (χ1n) is 10.4. The second-order valence-electron chi connectivity index (χ2n) is 6.89. The van der Waals surface area contributed by atoms with Gasteiger partial charge in [-0.2, -0.15) is 15.0 Å². The number of thiazole rings is 1. The third kappa shape index (κ3) is 5.39. The average Bonchev–Trinajstić information content (AvgIpc) is 3.22. The molecule has 3 aromatic carbocycles. The van der Waals surface area contributed by atoms with Crippen LogP contribution in [0.1, 0.15) is 6.92 Å². The van der Waals surface area contributed by atoms with Crippen LogP contribution in [-0.2, 0) is 0 Å². The van der Waals surface area contributed by atoms with Crippen LogP contribution in [0, 0.1) is 0 Å². The molecule has 0 aliphatic carbocycles. The number of ether oxygens (including phenoxy) is 1. The third-order valence-electron chi connectivity index (χ3n) is 4.50. The Kier molecular flexibility index (Phi) is 6.32. The maximum absolute atomic E-state index is 5.61. The minimum absolute atomic E-state index is 0.455. The minimum Gasteiger partial charge on any atom is -0.494 e. The molecular formula is C24H20N6OS2. The Bertz CT molecular complexity index is 1300. The molecule has 0 bridgehead atoms. The Morgan fingerprint density at radius 1 is 0.788 bits per heavy atom. The molecule has 164 valence electrons. The summed E-state index contributed by atoms with van der Waals surface area (Å²) < 4.78 is 7.52. The second-order valence-corrected chi connectivity index (χ2v) is 9.14. The van der Waals surface area contributed by atoms with E-state index in [1.54, 1.807) is 11.3 Å². The molecule has 7 nitrogen and oxygen atoms in total. The van der Waals surface area contributed by atoms with Crippen LogP contribution in [0.5, 0.6) is 5.75 Å². The Balaban J connectivity index is 1.45. The largest absolute Gasteiger partial charge is 0.494 e. The summed E-state index contributed by atoms with van der Waals surface area (Å²) in [6.45, 7) is 2.60. The van der Waals surface area contributed by atoms with E-state index in [0.717, 1.165) is 31.7 Å². The summed E-state index contributed by atoms with van der Waals surface area (Å²) in [5, 5.41) is 7.06. The first-order chi connectivity index (χ1) is 16.2. The standard InChI is InChI=1S/C24H20N6OS2/c1-2-31-18-13-14-19-20(15-18)32-24(27-19)33-23-29-21(25-16-9-5-3-6-10-16)28-22(30-23)26-17-11-7-4-8-12-17/h3-15H,2H2,1H3,(H2,25,26,28,29,30). The molecule has 0 aliphatic rings. The van der Waals surface area contributed by atoms with Crippen LogP contribution in [-0.4, -0.2) is 26.5 Å². The van der Waals surface area contributed by atoms with Crippen molar-refractivity contribution in [3.8, 4) is 5.75 Å². The van der Waals surface area contributed by atoms with Crippen LogP contribution in [0.15, 0.2) is 88.4 Å². The maximum Gasteiger partial charge on any atom is 0.233 e. The molecule has 0 saturated carbocycles. The van der Waals surface area contributed by atoms with E-state index in [9.17, 15) is 0 Å². The fraction of sp³-hybridized carbons (Fsp3) is 0.0833. The summed E-state index contributed by atoms with van der Waals surface area (Å²) >= 11 is 2.99. The first-order valence-corrected chi connectivity index (χ1v) is 12.0. The van der Waals surface area contributed by atoms with Crippen LogP contribution >= 0.6 is 23.1 Å².